The average Bonchev–Trinajstić information content (AvgIpc) is 2.93. The van der Waals surface area contributed by atoms with E-state index in [0.29, 0.717) is 23.4 Å². The van der Waals surface area contributed by atoms with Crippen LogP contribution in [0.15, 0.2) is 54.6 Å². The summed E-state index contributed by atoms with van der Waals surface area (Å²) in [5.74, 6) is 0.806. The molecule has 3 aliphatic rings. The van der Waals surface area contributed by atoms with Gasteiger partial charge in [0.15, 0.2) is 0 Å². The van der Waals surface area contributed by atoms with Gasteiger partial charge in [0.05, 0.1) is 12.7 Å². The molecular weight excluding hydrogens is 372 g/mol. The molecular formula is C26H32N2O2. The number of nitrogens with one attached hydrogen (secondary N) is 1. The molecule has 0 aromatic heterocycles. The number of amides is 1. The number of hydrogen-bond acceptors (Lipinski definition) is 3. The van der Waals surface area contributed by atoms with Gasteiger partial charge in [0.25, 0.3) is 5.91 Å². The number of likely N-dealkylation sites (tertiary alicyclic amines) is 1. The lowest BCUT2D eigenvalue weighted by Crippen LogP contribution is -2.57. The summed E-state index contributed by atoms with van der Waals surface area (Å²) in [6, 6.07) is 19.6. The Bertz CT molecular complexity index is 914. The highest BCUT2D eigenvalue weighted by Gasteiger charge is 2.60. The molecule has 2 aromatic rings. The van der Waals surface area contributed by atoms with Crippen LogP contribution < -0.4 is 10.1 Å². The second-order valence-corrected chi connectivity index (χ2v) is 9.51. The van der Waals surface area contributed by atoms with Gasteiger partial charge >= 0.3 is 0 Å². The van der Waals surface area contributed by atoms with E-state index in [-0.39, 0.29) is 23.4 Å². The Labute approximate surface area is 179 Å². The molecule has 1 saturated carbocycles. The predicted molar refractivity (Wildman–Crippen MR) is 119 cm³/mol. The number of carbonyl (C=O) groups excluding carboxylic acids is 1. The number of fused-ring (bicyclic) bond motifs is 1. The molecule has 5 atom stereocenters. The number of methoxy groups -OCH3 is 1. The van der Waals surface area contributed by atoms with Crippen LogP contribution in [0, 0.1) is 5.41 Å². The van der Waals surface area contributed by atoms with Crippen molar-refractivity contribution in [2.75, 3.05) is 7.11 Å². The number of hydrogen-bond donors (Lipinski definition) is 1. The third-order valence-corrected chi connectivity index (χ3v) is 7.87. The van der Waals surface area contributed by atoms with Crippen LogP contribution in [0.1, 0.15) is 54.9 Å². The number of piperidine rings is 1. The zero-order valence-corrected chi connectivity index (χ0v) is 18.0. The van der Waals surface area contributed by atoms with Crippen LogP contribution in [0.3, 0.4) is 0 Å². The van der Waals surface area contributed by atoms with Crippen molar-refractivity contribution in [2.45, 2.75) is 69.6 Å². The van der Waals surface area contributed by atoms with Gasteiger partial charge in [-0.1, -0.05) is 62.2 Å². The van der Waals surface area contributed by atoms with Crippen LogP contribution in [-0.4, -0.2) is 42.1 Å². The largest absolute Gasteiger partial charge is 0.496 e. The van der Waals surface area contributed by atoms with Crippen LogP contribution in [0.5, 0.6) is 5.75 Å². The van der Waals surface area contributed by atoms with Gasteiger partial charge in [-0.3, -0.25) is 4.79 Å². The summed E-state index contributed by atoms with van der Waals surface area (Å²) in [6.07, 6.45) is 6.80. The third-order valence-electron chi connectivity index (χ3n) is 7.87. The minimum absolute atomic E-state index is 0.133. The van der Waals surface area contributed by atoms with Crippen molar-refractivity contribution >= 4 is 5.91 Å². The minimum atomic E-state index is 0.133. The Morgan fingerprint density at radius 2 is 1.83 bits per heavy atom. The van der Waals surface area contributed by atoms with Gasteiger partial charge in [-0.25, -0.2) is 0 Å². The number of para-hydroxylation sites is 1. The van der Waals surface area contributed by atoms with Crippen molar-refractivity contribution in [2.24, 2.45) is 5.41 Å². The van der Waals surface area contributed by atoms with E-state index in [0.717, 1.165) is 19.3 Å². The van der Waals surface area contributed by atoms with E-state index in [1.807, 2.05) is 24.3 Å². The molecule has 2 bridgehead atoms. The Balaban J connectivity index is 1.54. The molecule has 2 heterocycles. The van der Waals surface area contributed by atoms with E-state index >= 15 is 0 Å². The molecule has 4 heteroatoms. The van der Waals surface area contributed by atoms with E-state index in [4.69, 9.17) is 4.74 Å². The molecule has 3 fully saturated rings. The van der Waals surface area contributed by atoms with Gasteiger partial charge < -0.3 is 15.0 Å². The first-order valence-corrected chi connectivity index (χ1v) is 11.4. The number of benzene rings is 2. The first kappa shape index (κ1) is 19.6. The van der Waals surface area contributed by atoms with E-state index in [1.54, 1.807) is 7.11 Å². The minimum Gasteiger partial charge on any atom is -0.496 e. The highest BCUT2D eigenvalue weighted by atomic mass is 16.5. The van der Waals surface area contributed by atoms with Crippen LogP contribution in [0.25, 0.3) is 0 Å². The van der Waals surface area contributed by atoms with Crippen molar-refractivity contribution < 1.29 is 9.53 Å². The Kier molecular flexibility index (Phi) is 5.06. The van der Waals surface area contributed by atoms with Crippen molar-refractivity contribution in [1.82, 2.24) is 10.2 Å². The normalized spacial score (nSPS) is 32.5. The summed E-state index contributed by atoms with van der Waals surface area (Å²) in [6.45, 7) is 2.42. The monoisotopic (exact) mass is 404 g/mol. The fourth-order valence-electron chi connectivity index (χ4n) is 6.39. The summed E-state index contributed by atoms with van der Waals surface area (Å²) >= 11 is 0. The highest BCUT2D eigenvalue weighted by Crippen LogP contribution is 2.53. The highest BCUT2D eigenvalue weighted by molar-refractivity contribution is 5.97. The molecule has 2 aliphatic heterocycles. The summed E-state index contributed by atoms with van der Waals surface area (Å²) < 4.78 is 5.55. The van der Waals surface area contributed by atoms with E-state index in [1.165, 1.54) is 24.8 Å². The standard InChI is InChI=1S/C26H32N2O2/c1-26-17-21-20(16-18-10-4-3-5-11-18)27-23(26)14-8-9-15-24(26)28(21)25(29)19-12-6-7-13-22(19)30-2/h3-7,10-13,20-21,23-24,27H,8-9,14-17H2,1-2H3/t20-,21+,23-,24+,26-/m1/s1. The average molecular weight is 405 g/mol. The second-order valence-electron chi connectivity index (χ2n) is 9.51. The molecule has 1 N–H and O–H groups in total. The zero-order chi connectivity index (χ0) is 20.7. The van der Waals surface area contributed by atoms with Gasteiger partial charge in [0.1, 0.15) is 5.75 Å². The van der Waals surface area contributed by atoms with Crippen molar-refractivity contribution in [3.63, 3.8) is 0 Å². The molecule has 5 rings (SSSR count). The number of nitrogens with zero attached hydrogens (tertiary/aromatic N) is 1. The molecule has 4 nitrogen and oxygen atoms in total. The van der Waals surface area contributed by atoms with Crippen molar-refractivity contribution in [3.05, 3.63) is 65.7 Å². The lowest BCUT2D eigenvalue weighted by Gasteiger charge is -2.43. The Morgan fingerprint density at radius 1 is 1.10 bits per heavy atom. The fraction of sp³-hybridized carbons (Fsp3) is 0.500. The van der Waals surface area contributed by atoms with E-state index in [2.05, 4.69) is 47.5 Å². The summed E-state index contributed by atoms with van der Waals surface area (Å²) in [4.78, 5) is 16.2. The van der Waals surface area contributed by atoms with Gasteiger partial charge in [0, 0.05) is 29.6 Å². The molecule has 1 amide bonds. The predicted octanol–water partition coefficient (Wildman–Crippen LogP) is 4.44. The number of ether oxygens (including phenoxy) is 1. The van der Waals surface area contributed by atoms with E-state index < -0.39 is 0 Å². The third kappa shape index (κ3) is 3.13. The fourth-order valence-corrected chi connectivity index (χ4v) is 6.39. The SMILES string of the molecule is COc1ccccc1C(=O)N1[C@H]2CCCC[C@H]3N[C@H](Cc4ccccc4)[C@@H]1C[C@@]23C. The lowest BCUT2D eigenvalue weighted by atomic mass is 9.70. The molecule has 0 spiro atoms. The topological polar surface area (TPSA) is 41.6 Å². The first-order valence-electron chi connectivity index (χ1n) is 11.4. The summed E-state index contributed by atoms with van der Waals surface area (Å²) in [5.41, 5.74) is 2.17. The van der Waals surface area contributed by atoms with E-state index in [9.17, 15) is 4.79 Å². The maximum Gasteiger partial charge on any atom is 0.258 e. The van der Waals surface area contributed by atoms with Crippen LogP contribution >= 0.6 is 0 Å². The van der Waals surface area contributed by atoms with Gasteiger partial charge in [-0.2, -0.15) is 0 Å². The molecule has 30 heavy (non-hydrogen) atoms. The van der Waals surface area contributed by atoms with Crippen molar-refractivity contribution in [3.8, 4) is 5.75 Å². The molecule has 2 saturated heterocycles. The maximum atomic E-state index is 13.9. The van der Waals surface area contributed by atoms with Crippen molar-refractivity contribution in [1.29, 1.82) is 0 Å². The zero-order valence-electron chi connectivity index (χ0n) is 18.0. The molecule has 158 valence electrons. The molecule has 0 unspecified atom stereocenters. The molecule has 0 radical (unpaired) electrons. The first-order chi connectivity index (χ1) is 14.6. The van der Waals surface area contributed by atoms with Gasteiger partial charge in [0.2, 0.25) is 0 Å². The molecule has 1 aliphatic carbocycles. The van der Waals surface area contributed by atoms with Crippen LogP contribution in [0.2, 0.25) is 0 Å². The quantitative estimate of drug-likeness (QED) is 0.819. The smallest absolute Gasteiger partial charge is 0.258 e. The maximum absolute atomic E-state index is 13.9. The van der Waals surface area contributed by atoms with Gasteiger partial charge in [-0.05, 0) is 43.4 Å². The number of rotatable bonds is 4. The second kappa shape index (κ2) is 7.73. The summed E-state index contributed by atoms with van der Waals surface area (Å²) in [7, 11) is 1.65. The summed E-state index contributed by atoms with van der Waals surface area (Å²) in [5, 5.41) is 4.02. The van der Waals surface area contributed by atoms with Crippen LogP contribution in [-0.2, 0) is 6.42 Å². The molecule has 2 aromatic carbocycles. The number of carbonyl (C=O) groups is 1. The van der Waals surface area contributed by atoms with Crippen LogP contribution in [0.4, 0.5) is 0 Å². The Hall–Kier alpha value is -2.33. The lowest BCUT2D eigenvalue weighted by molar-refractivity contribution is 0.0608. The Morgan fingerprint density at radius 3 is 2.63 bits per heavy atom. The van der Waals surface area contributed by atoms with Gasteiger partial charge in [-0.15, -0.1) is 0 Å².